The number of aromatic nitrogens is 3. The molecule has 1 aliphatic heterocycles. The number of non-ortho nitro benzene ring substituents is 1. The van der Waals surface area contributed by atoms with E-state index in [0.29, 0.717) is 18.1 Å². The Hall–Kier alpha value is -4.53. The molecule has 0 saturated heterocycles. The number of ether oxygens (including phenoxy) is 1. The van der Waals surface area contributed by atoms with Crippen LogP contribution in [0, 0.1) is 10.1 Å². The number of fused-ring (bicyclic) bond motifs is 1. The lowest BCUT2D eigenvalue weighted by molar-refractivity contribution is -0.384. The highest BCUT2D eigenvalue weighted by Gasteiger charge is 2.40. The van der Waals surface area contributed by atoms with Gasteiger partial charge in [-0.25, -0.2) is 4.68 Å². The Morgan fingerprint density at radius 2 is 1.74 bits per heavy atom. The molecule has 1 aliphatic rings. The summed E-state index contributed by atoms with van der Waals surface area (Å²) in [5.41, 5.74) is 2.01. The second-order valence-electron chi connectivity index (χ2n) is 7.94. The van der Waals surface area contributed by atoms with Gasteiger partial charge in [0.25, 0.3) is 11.6 Å². The molecule has 34 heavy (non-hydrogen) atoms. The van der Waals surface area contributed by atoms with Gasteiger partial charge in [0.15, 0.2) is 0 Å². The number of nitro groups is 1. The predicted molar refractivity (Wildman–Crippen MR) is 125 cm³/mol. The second-order valence-corrected chi connectivity index (χ2v) is 7.94. The van der Waals surface area contributed by atoms with E-state index >= 15 is 0 Å². The maximum Gasteiger partial charge on any atom is 0.270 e. The van der Waals surface area contributed by atoms with E-state index in [1.807, 2.05) is 54.6 Å². The van der Waals surface area contributed by atoms with Crippen molar-refractivity contribution in [1.29, 1.82) is 0 Å². The first-order valence-corrected chi connectivity index (χ1v) is 10.7. The molecule has 9 heteroatoms. The number of carbonyl (C=O) groups excluding carboxylic acids is 1. The highest BCUT2D eigenvalue weighted by molar-refractivity contribution is 6.06. The van der Waals surface area contributed by atoms with Crippen molar-refractivity contribution in [2.45, 2.75) is 18.5 Å². The van der Waals surface area contributed by atoms with Crippen LogP contribution in [-0.2, 0) is 0 Å². The third kappa shape index (κ3) is 3.77. The molecule has 3 aromatic carbocycles. The average Bonchev–Trinajstić information content (AvgIpc) is 3.38. The van der Waals surface area contributed by atoms with Crippen LogP contribution in [0.2, 0.25) is 0 Å². The quantitative estimate of drug-likeness (QED) is 0.322. The van der Waals surface area contributed by atoms with Gasteiger partial charge in [-0.3, -0.25) is 19.8 Å². The minimum absolute atomic E-state index is 0.139. The summed E-state index contributed by atoms with van der Waals surface area (Å²) >= 11 is 0. The number of benzene rings is 3. The van der Waals surface area contributed by atoms with Gasteiger partial charge in [0.1, 0.15) is 12.1 Å². The van der Waals surface area contributed by atoms with Gasteiger partial charge in [-0.05, 0) is 35.7 Å². The Morgan fingerprint density at radius 1 is 1.00 bits per heavy atom. The first kappa shape index (κ1) is 21.3. The molecular formula is C25H21N5O4. The molecule has 2 unspecified atom stereocenters. The van der Waals surface area contributed by atoms with Crippen LogP contribution in [0.5, 0.6) is 5.75 Å². The SMILES string of the molecule is COc1ccc(C2CC(c3ccccc3)n3ncnc3N2C(=O)c2cccc([N+](=O)[O-])c2)cc1. The van der Waals surface area contributed by atoms with Gasteiger partial charge >= 0.3 is 0 Å². The van der Waals surface area contributed by atoms with E-state index in [0.717, 1.165) is 11.1 Å². The van der Waals surface area contributed by atoms with E-state index in [-0.39, 0.29) is 29.2 Å². The van der Waals surface area contributed by atoms with Gasteiger partial charge in [-0.2, -0.15) is 10.1 Å². The fourth-order valence-electron chi connectivity index (χ4n) is 4.38. The third-order valence-electron chi connectivity index (χ3n) is 6.03. The summed E-state index contributed by atoms with van der Waals surface area (Å²) in [6, 6.07) is 22.7. The number of methoxy groups -OCH3 is 1. The van der Waals surface area contributed by atoms with Crippen LogP contribution in [-0.4, -0.2) is 32.7 Å². The zero-order valence-electron chi connectivity index (χ0n) is 18.3. The summed E-state index contributed by atoms with van der Waals surface area (Å²) < 4.78 is 7.04. The predicted octanol–water partition coefficient (Wildman–Crippen LogP) is 4.58. The van der Waals surface area contributed by atoms with E-state index in [2.05, 4.69) is 10.1 Å². The molecule has 2 heterocycles. The van der Waals surface area contributed by atoms with Gasteiger partial charge in [0, 0.05) is 17.7 Å². The van der Waals surface area contributed by atoms with Crippen molar-refractivity contribution < 1.29 is 14.5 Å². The highest BCUT2D eigenvalue weighted by atomic mass is 16.6. The first-order chi connectivity index (χ1) is 16.6. The lowest BCUT2D eigenvalue weighted by atomic mass is 9.91. The van der Waals surface area contributed by atoms with Gasteiger partial charge in [0.2, 0.25) is 5.95 Å². The molecule has 0 N–H and O–H groups in total. The fourth-order valence-corrected chi connectivity index (χ4v) is 4.38. The van der Waals surface area contributed by atoms with Gasteiger partial charge < -0.3 is 4.74 Å². The van der Waals surface area contributed by atoms with Gasteiger partial charge in [-0.15, -0.1) is 0 Å². The maximum absolute atomic E-state index is 13.8. The first-order valence-electron chi connectivity index (χ1n) is 10.7. The molecule has 0 spiro atoms. The van der Waals surface area contributed by atoms with Crippen molar-refractivity contribution in [1.82, 2.24) is 14.8 Å². The Balaban J connectivity index is 1.64. The molecule has 4 aromatic rings. The van der Waals surface area contributed by atoms with Crippen molar-refractivity contribution in [3.8, 4) is 5.75 Å². The smallest absolute Gasteiger partial charge is 0.270 e. The van der Waals surface area contributed by atoms with E-state index in [4.69, 9.17) is 4.74 Å². The number of nitrogens with zero attached hydrogens (tertiary/aromatic N) is 5. The molecule has 0 radical (unpaired) electrons. The van der Waals surface area contributed by atoms with Crippen molar-refractivity contribution >= 4 is 17.5 Å². The number of amides is 1. The molecule has 9 nitrogen and oxygen atoms in total. The Morgan fingerprint density at radius 3 is 2.44 bits per heavy atom. The molecule has 1 aromatic heterocycles. The minimum Gasteiger partial charge on any atom is -0.497 e. The van der Waals surface area contributed by atoms with Crippen molar-refractivity contribution in [3.05, 3.63) is 112 Å². The topological polar surface area (TPSA) is 103 Å². The minimum atomic E-state index is -0.512. The van der Waals surface area contributed by atoms with Crippen molar-refractivity contribution in [3.63, 3.8) is 0 Å². The Kier molecular flexibility index (Phi) is 5.51. The molecule has 1 amide bonds. The maximum atomic E-state index is 13.8. The molecule has 0 fully saturated rings. The standard InChI is InChI=1S/C25H21N5O4/c1-34-21-12-10-18(11-13-21)22-15-23(17-6-3-2-4-7-17)29-25(26-16-27-29)28(22)24(31)19-8-5-9-20(14-19)30(32)33/h2-14,16,22-23H,15H2,1H3. The number of rotatable bonds is 5. The molecule has 2 atom stereocenters. The summed E-state index contributed by atoms with van der Waals surface area (Å²) in [5.74, 6) is 0.710. The molecule has 0 bridgehead atoms. The second kappa shape index (κ2) is 8.78. The molecule has 170 valence electrons. The van der Waals surface area contributed by atoms with Crippen LogP contribution in [0.15, 0.2) is 85.2 Å². The summed E-state index contributed by atoms with van der Waals surface area (Å²) in [6.45, 7) is 0. The summed E-state index contributed by atoms with van der Waals surface area (Å²) in [4.78, 5) is 30.6. The molecule has 5 rings (SSSR count). The molecule has 0 saturated carbocycles. The van der Waals surface area contributed by atoms with Crippen molar-refractivity contribution in [2.24, 2.45) is 0 Å². The summed E-state index contributed by atoms with van der Waals surface area (Å²) in [6.07, 6.45) is 1.97. The van der Waals surface area contributed by atoms with Gasteiger partial charge in [-0.1, -0.05) is 48.5 Å². The average molecular weight is 455 g/mol. The fraction of sp³-hybridized carbons (Fsp3) is 0.160. The number of hydrogen-bond acceptors (Lipinski definition) is 6. The monoisotopic (exact) mass is 455 g/mol. The van der Waals surface area contributed by atoms with E-state index in [1.54, 1.807) is 22.8 Å². The van der Waals surface area contributed by atoms with Crippen LogP contribution >= 0.6 is 0 Å². The number of carbonyl (C=O) groups is 1. The zero-order valence-corrected chi connectivity index (χ0v) is 18.3. The Bertz CT molecular complexity index is 1340. The van der Waals surface area contributed by atoms with E-state index < -0.39 is 4.92 Å². The normalized spacial score (nSPS) is 17.1. The lowest BCUT2D eigenvalue weighted by Gasteiger charge is -2.39. The number of anilines is 1. The molecular weight excluding hydrogens is 434 g/mol. The Labute approximate surface area is 195 Å². The lowest BCUT2D eigenvalue weighted by Crippen LogP contribution is -2.42. The van der Waals surface area contributed by atoms with Crippen LogP contribution in [0.25, 0.3) is 0 Å². The zero-order chi connectivity index (χ0) is 23.7. The third-order valence-corrected chi connectivity index (χ3v) is 6.03. The summed E-state index contributed by atoms with van der Waals surface area (Å²) in [7, 11) is 1.60. The molecule has 0 aliphatic carbocycles. The van der Waals surface area contributed by atoms with Crippen LogP contribution in [0.3, 0.4) is 0 Å². The van der Waals surface area contributed by atoms with Gasteiger partial charge in [0.05, 0.1) is 24.1 Å². The largest absolute Gasteiger partial charge is 0.497 e. The van der Waals surface area contributed by atoms with Crippen molar-refractivity contribution in [2.75, 3.05) is 12.0 Å². The van der Waals surface area contributed by atoms with Crippen LogP contribution in [0.1, 0.15) is 40.0 Å². The highest BCUT2D eigenvalue weighted by Crippen LogP contribution is 2.42. The number of hydrogen-bond donors (Lipinski definition) is 0. The van der Waals surface area contributed by atoms with Crippen LogP contribution in [0.4, 0.5) is 11.6 Å². The number of nitro benzene ring substituents is 1. The summed E-state index contributed by atoms with van der Waals surface area (Å²) in [5, 5.41) is 15.7. The van der Waals surface area contributed by atoms with E-state index in [1.165, 1.54) is 24.5 Å². The van der Waals surface area contributed by atoms with Crippen LogP contribution < -0.4 is 9.64 Å². The van der Waals surface area contributed by atoms with E-state index in [9.17, 15) is 14.9 Å².